The molecule has 0 bridgehead atoms. The number of rotatable bonds is 7. The molecule has 0 atom stereocenters. The number of nitro groups is 1. The highest BCUT2D eigenvalue weighted by molar-refractivity contribution is 5.85. The highest BCUT2D eigenvalue weighted by Crippen LogP contribution is 2.24. The number of halogens is 2. The van der Waals surface area contributed by atoms with Crippen molar-refractivity contribution in [3.05, 3.63) is 40.6 Å². The van der Waals surface area contributed by atoms with Crippen LogP contribution in [0.15, 0.2) is 30.5 Å². The molecule has 0 aliphatic heterocycles. The summed E-state index contributed by atoms with van der Waals surface area (Å²) < 4.78 is 5.42. The Morgan fingerprint density at radius 2 is 2.12 bits per heavy atom. The summed E-state index contributed by atoms with van der Waals surface area (Å²) in [6, 6.07) is 7.17. The van der Waals surface area contributed by atoms with Crippen LogP contribution in [-0.2, 0) is 0 Å². The van der Waals surface area contributed by atoms with E-state index in [1.807, 2.05) is 0 Å². The van der Waals surface area contributed by atoms with Crippen LogP contribution in [-0.4, -0.2) is 35.1 Å². The summed E-state index contributed by atoms with van der Waals surface area (Å²) in [6.45, 7) is 0.843. The molecule has 0 radical (unpaired) electrons. The van der Waals surface area contributed by atoms with E-state index in [0.717, 1.165) is 6.20 Å². The van der Waals surface area contributed by atoms with Gasteiger partial charge < -0.3 is 21.1 Å². The van der Waals surface area contributed by atoms with Gasteiger partial charge in [-0.2, -0.15) is 4.98 Å². The predicted octanol–water partition coefficient (Wildman–Crippen LogP) is 2.35. The first-order valence-corrected chi connectivity index (χ1v) is 6.53. The van der Waals surface area contributed by atoms with Crippen LogP contribution in [0.4, 0.5) is 23.1 Å². The summed E-state index contributed by atoms with van der Waals surface area (Å²) in [6.07, 6.45) is 1.15. The molecule has 4 N–H and O–H groups in total. The second kappa shape index (κ2) is 10.4. The summed E-state index contributed by atoms with van der Waals surface area (Å²) in [7, 11) is 1.56. The van der Waals surface area contributed by atoms with E-state index >= 15 is 0 Å². The molecule has 0 aliphatic carbocycles. The van der Waals surface area contributed by atoms with E-state index in [-0.39, 0.29) is 42.3 Å². The van der Waals surface area contributed by atoms with Crippen molar-refractivity contribution in [1.82, 2.24) is 9.97 Å². The Labute approximate surface area is 151 Å². The van der Waals surface area contributed by atoms with E-state index < -0.39 is 4.92 Å². The van der Waals surface area contributed by atoms with Crippen molar-refractivity contribution in [2.75, 3.05) is 30.8 Å². The molecule has 11 heteroatoms. The van der Waals surface area contributed by atoms with Gasteiger partial charge in [-0.15, -0.1) is 24.8 Å². The van der Waals surface area contributed by atoms with E-state index in [9.17, 15) is 10.1 Å². The lowest BCUT2D eigenvalue weighted by molar-refractivity contribution is -0.384. The van der Waals surface area contributed by atoms with Crippen LogP contribution in [0, 0.1) is 10.1 Å². The van der Waals surface area contributed by atoms with Crippen molar-refractivity contribution >= 4 is 48.0 Å². The molecular formula is C13H18Cl2N6O3. The number of aromatic nitrogens is 2. The summed E-state index contributed by atoms with van der Waals surface area (Å²) in [5.41, 5.74) is 5.90. The molecule has 1 aromatic carbocycles. The van der Waals surface area contributed by atoms with Crippen LogP contribution in [0.1, 0.15) is 0 Å². The lowest BCUT2D eigenvalue weighted by Gasteiger charge is -2.09. The molecule has 0 fully saturated rings. The first kappa shape index (κ1) is 21.6. The average molecular weight is 377 g/mol. The maximum atomic E-state index is 10.8. The summed E-state index contributed by atoms with van der Waals surface area (Å²) in [5, 5.41) is 16.5. The third kappa shape index (κ3) is 5.69. The Bertz CT molecular complexity index is 674. The molecule has 0 aliphatic rings. The number of nitrogens with two attached hydrogens (primary N) is 1. The van der Waals surface area contributed by atoms with E-state index in [2.05, 4.69) is 20.6 Å². The second-order valence-electron chi connectivity index (χ2n) is 4.22. The summed E-state index contributed by atoms with van der Waals surface area (Å²) in [4.78, 5) is 18.3. The van der Waals surface area contributed by atoms with Crippen LogP contribution >= 0.6 is 24.8 Å². The number of hydrogen-bond donors (Lipinski definition) is 3. The van der Waals surface area contributed by atoms with E-state index in [1.165, 1.54) is 0 Å². The number of benzene rings is 1. The third-order valence-corrected chi connectivity index (χ3v) is 2.68. The van der Waals surface area contributed by atoms with Gasteiger partial charge in [-0.1, -0.05) is 6.07 Å². The van der Waals surface area contributed by atoms with Crippen molar-refractivity contribution in [2.24, 2.45) is 5.73 Å². The van der Waals surface area contributed by atoms with Crippen molar-refractivity contribution in [3.8, 4) is 5.75 Å². The Kier molecular flexibility index (Phi) is 9.40. The average Bonchev–Trinajstić information content (AvgIpc) is 2.53. The highest BCUT2D eigenvalue weighted by atomic mass is 35.5. The van der Waals surface area contributed by atoms with Crippen molar-refractivity contribution in [3.63, 3.8) is 0 Å². The molecule has 2 rings (SSSR count). The van der Waals surface area contributed by atoms with Gasteiger partial charge in [-0.25, -0.2) is 4.98 Å². The minimum absolute atomic E-state index is 0. The molecule has 1 aromatic heterocycles. The highest BCUT2D eigenvalue weighted by Gasteiger charge is 2.16. The Morgan fingerprint density at radius 1 is 1.38 bits per heavy atom. The second-order valence-corrected chi connectivity index (χ2v) is 4.22. The maximum absolute atomic E-state index is 10.8. The zero-order valence-corrected chi connectivity index (χ0v) is 14.4. The van der Waals surface area contributed by atoms with Gasteiger partial charge >= 0.3 is 5.69 Å². The smallest absolute Gasteiger partial charge is 0.329 e. The standard InChI is InChI=1S/C13H16N6O3.2ClH/c1-15-12-11(19(20)21)8-16-13(18-12)17-9-3-2-4-10(7-9)22-6-5-14;;/h2-4,7-8H,5-6,14H2,1H3,(H2,15,16,17,18);2*1H. The molecule has 0 spiro atoms. The van der Waals surface area contributed by atoms with Crippen LogP contribution in [0.3, 0.4) is 0 Å². The largest absolute Gasteiger partial charge is 0.492 e. The Morgan fingerprint density at radius 3 is 2.75 bits per heavy atom. The first-order chi connectivity index (χ1) is 10.6. The maximum Gasteiger partial charge on any atom is 0.329 e. The third-order valence-electron chi connectivity index (χ3n) is 2.68. The summed E-state index contributed by atoms with van der Waals surface area (Å²) in [5.74, 6) is 1.04. The van der Waals surface area contributed by atoms with Gasteiger partial charge in [0.2, 0.25) is 11.8 Å². The van der Waals surface area contributed by atoms with E-state index in [4.69, 9.17) is 10.5 Å². The van der Waals surface area contributed by atoms with Crippen molar-refractivity contribution < 1.29 is 9.66 Å². The zero-order valence-electron chi connectivity index (χ0n) is 12.8. The molecule has 9 nitrogen and oxygen atoms in total. The number of hydrogen-bond acceptors (Lipinski definition) is 8. The molecule has 0 unspecified atom stereocenters. The first-order valence-electron chi connectivity index (χ1n) is 6.53. The van der Waals surface area contributed by atoms with Gasteiger partial charge in [0, 0.05) is 25.3 Å². The predicted molar refractivity (Wildman–Crippen MR) is 97.0 cm³/mol. The molecule has 2 aromatic rings. The molecular weight excluding hydrogens is 359 g/mol. The number of nitrogens with one attached hydrogen (secondary N) is 2. The molecule has 1 heterocycles. The van der Waals surface area contributed by atoms with Gasteiger partial charge in [0.15, 0.2) is 0 Å². The monoisotopic (exact) mass is 376 g/mol. The molecule has 0 amide bonds. The van der Waals surface area contributed by atoms with Crippen LogP contribution in [0.5, 0.6) is 5.75 Å². The van der Waals surface area contributed by atoms with Crippen molar-refractivity contribution in [2.45, 2.75) is 0 Å². The number of nitrogens with zero attached hydrogens (tertiary/aromatic N) is 3. The lowest BCUT2D eigenvalue weighted by atomic mass is 10.3. The molecule has 0 saturated heterocycles. The lowest BCUT2D eigenvalue weighted by Crippen LogP contribution is -2.10. The molecule has 0 saturated carbocycles. The van der Waals surface area contributed by atoms with Crippen LogP contribution < -0.4 is 21.1 Å². The van der Waals surface area contributed by atoms with E-state index in [1.54, 1.807) is 31.3 Å². The van der Waals surface area contributed by atoms with Gasteiger partial charge in [0.1, 0.15) is 18.6 Å². The van der Waals surface area contributed by atoms with Gasteiger partial charge in [-0.3, -0.25) is 10.1 Å². The topological polar surface area (TPSA) is 128 Å². The van der Waals surface area contributed by atoms with Crippen molar-refractivity contribution in [1.29, 1.82) is 0 Å². The van der Waals surface area contributed by atoms with Crippen LogP contribution in [0.2, 0.25) is 0 Å². The number of ether oxygens (including phenoxy) is 1. The van der Waals surface area contributed by atoms with Gasteiger partial charge in [0.05, 0.1) is 4.92 Å². The number of anilines is 3. The minimum Gasteiger partial charge on any atom is -0.492 e. The van der Waals surface area contributed by atoms with Crippen LogP contribution in [0.25, 0.3) is 0 Å². The van der Waals surface area contributed by atoms with E-state index in [0.29, 0.717) is 24.6 Å². The Balaban J connectivity index is 0.00000264. The quantitative estimate of drug-likeness (QED) is 0.496. The molecule has 24 heavy (non-hydrogen) atoms. The Hall–Kier alpha value is -2.36. The molecule has 132 valence electrons. The fourth-order valence-corrected chi connectivity index (χ4v) is 1.72. The van der Waals surface area contributed by atoms with Gasteiger partial charge in [0.25, 0.3) is 0 Å². The van der Waals surface area contributed by atoms with Gasteiger partial charge in [-0.05, 0) is 12.1 Å². The fraction of sp³-hybridized carbons (Fsp3) is 0.231. The normalized spacial score (nSPS) is 9.25. The SMILES string of the molecule is CNc1nc(Nc2cccc(OCCN)c2)ncc1[N+](=O)[O-].Cl.Cl. The summed E-state index contributed by atoms with van der Waals surface area (Å²) >= 11 is 0. The minimum atomic E-state index is -0.545. The zero-order chi connectivity index (χ0) is 15.9. The fourth-order valence-electron chi connectivity index (χ4n) is 1.72.